The Morgan fingerprint density at radius 1 is 1.41 bits per heavy atom. The van der Waals surface area contributed by atoms with Crippen molar-refractivity contribution in [3.63, 3.8) is 0 Å². The van der Waals surface area contributed by atoms with Crippen molar-refractivity contribution in [2.24, 2.45) is 0 Å². The summed E-state index contributed by atoms with van der Waals surface area (Å²) in [5, 5.41) is 7.23. The third-order valence-corrected chi connectivity index (χ3v) is 4.95. The van der Waals surface area contributed by atoms with Crippen LogP contribution in [-0.2, 0) is 6.54 Å². The summed E-state index contributed by atoms with van der Waals surface area (Å²) < 4.78 is 0. The highest BCUT2D eigenvalue weighted by molar-refractivity contribution is 7.17. The first-order valence-electron chi connectivity index (χ1n) is 7.63. The molecule has 0 spiro atoms. The Kier molecular flexibility index (Phi) is 4.68. The Morgan fingerprint density at radius 3 is 2.95 bits per heavy atom. The van der Waals surface area contributed by atoms with Crippen molar-refractivity contribution in [1.82, 2.24) is 15.3 Å². The molecule has 0 saturated heterocycles. The lowest BCUT2D eigenvalue weighted by atomic mass is 10.3. The summed E-state index contributed by atoms with van der Waals surface area (Å²) in [6, 6.07) is 4.32. The molecule has 0 aliphatic heterocycles. The first-order valence-corrected chi connectivity index (χ1v) is 8.45. The summed E-state index contributed by atoms with van der Waals surface area (Å²) in [5.74, 6) is -0.0710. The van der Waals surface area contributed by atoms with Crippen molar-refractivity contribution in [3.8, 4) is 0 Å². The van der Waals surface area contributed by atoms with Gasteiger partial charge in [0.2, 0.25) is 0 Å². The Labute approximate surface area is 134 Å². The summed E-state index contributed by atoms with van der Waals surface area (Å²) >= 11 is 1.44. The number of thiazole rings is 1. The second kappa shape index (κ2) is 6.87. The molecule has 2 N–H and O–H groups in total. The van der Waals surface area contributed by atoms with Crippen LogP contribution < -0.4 is 10.6 Å². The molecule has 116 valence electrons. The van der Waals surface area contributed by atoms with Crippen LogP contribution >= 0.6 is 11.3 Å². The number of carbonyl (C=O) groups excluding carboxylic acids is 1. The van der Waals surface area contributed by atoms with Gasteiger partial charge in [0.05, 0.1) is 5.69 Å². The minimum Gasteiger partial charge on any atom is -0.359 e. The van der Waals surface area contributed by atoms with Crippen LogP contribution in [0, 0.1) is 6.92 Å². The number of aromatic nitrogens is 2. The maximum atomic E-state index is 12.3. The first-order chi connectivity index (χ1) is 10.7. The van der Waals surface area contributed by atoms with Gasteiger partial charge in [-0.2, -0.15) is 0 Å². The van der Waals surface area contributed by atoms with Gasteiger partial charge in [0.1, 0.15) is 4.88 Å². The third-order valence-electron chi connectivity index (χ3n) is 3.86. The molecule has 1 aliphatic carbocycles. The summed E-state index contributed by atoms with van der Waals surface area (Å²) in [6.07, 6.45) is 8.43. The van der Waals surface area contributed by atoms with Crippen LogP contribution in [0.2, 0.25) is 0 Å². The van der Waals surface area contributed by atoms with Crippen molar-refractivity contribution in [1.29, 1.82) is 0 Å². The van der Waals surface area contributed by atoms with Gasteiger partial charge in [-0.3, -0.25) is 9.78 Å². The Balaban J connectivity index is 1.61. The SMILES string of the molecule is Cc1nc(NC2CCCC2)sc1C(=O)NCc1cccnc1. The van der Waals surface area contributed by atoms with E-state index in [4.69, 9.17) is 0 Å². The lowest BCUT2D eigenvalue weighted by Crippen LogP contribution is -2.22. The maximum Gasteiger partial charge on any atom is 0.263 e. The standard InChI is InChI=1S/C16H20N4OS/c1-11-14(15(21)18-10-12-5-4-8-17-9-12)22-16(19-11)20-13-6-2-3-7-13/h4-5,8-9,13H,2-3,6-7,10H2,1H3,(H,18,21)(H,19,20). The largest absolute Gasteiger partial charge is 0.359 e. The van der Waals surface area contributed by atoms with Gasteiger partial charge in [-0.25, -0.2) is 4.98 Å². The van der Waals surface area contributed by atoms with Crippen LogP contribution in [0.1, 0.15) is 46.6 Å². The normalized spacial score (nSPS) is 15.0. The van der Waals surface area contributed by atoms with Gasteiger partial charge >= 0.3 is 0 Å². The fraction of sp³-hybridized carbons (Fsp3) is 0.438. The summed E-state index contributed by atoms with van der Waals surface area (Å²) in [6.45, 7) is 2.37. The Morgan fingerprint density at radius 2 is 2.23 bits per heavy atom. The molecule has 0 atom stereocenters. The van der Waals surface area contributed by atoms with Gasteiger partial charge < -0.3 is 10.6 Å². The second-order valence-corrected chi connectivity index (χ2v) is 6.60. The van der Waals surface area contributed by atoms with Crippen LogP contribution in [0.3, 0.4) is 0 Å². The van der Waals surface area contributed by atoms with E-state index in [1.54, 1.807) is 12.4 Å². The molecule has 1 saturated carbocycles. The maximum absolute atomic E-state index is 12.3. The van der Waals surface area contributed by atoms with Crippen LogP contribution in [0.25, 0.3) is 0 Å². The van der Waals surface area contributed by atoms with Crippen LogP contribution in [0.5, 0.6) is 0 Å². The van der Waals surface area contributed by atoms with E-state index in [0.717, 1.165) is 16.4 Å². The molecule has 0 radical (unpaired) electrons. The van der Waals surface area contributed by atoms with Gasteiger partial charge in [-0.1, -0.05) is 30.2 Å². The van der Waals surface area contributed by atoms with E-state index in [0.29, 0.717) is 17.5 Å². The van der Waals surface area contributed by atoms with E-state index in [9.17, 15) is 4.79 Å². The molecule has 2 aromatic rings. The number of carbonyl (C=O) groups is 1. The number of pyridine rings is 1. The van der Waals surface area contributed by atoms with Crippen molar-refractivity contribution >= 4 is 22.4 Å². The average molecular weight is 316 g/mol. The summed E-state index contributed by atoms with van der Waals surface area (Å²) in [7, 11) is 0. The molecule has 0 bridgehead atoms. The number of nitrogens with zero attached hydrogens (tertiary/aromatic N) is 2. The number of nitrogens with one attached hydrogen (secondary N) is 2. The highest BCUT2D eigenvalue weighted by Gasteiger charge is 2.19. The molecule has 6 heteroatoms. The van der Waals surface area contributed by atoms with Gasteiger partial charge in [-0.15, -0.1) is 0 Å². The average Bonchev–Trinajstić information content (AvgIpc) is 3.16. The number of aryl methyl sites for hydroxylation is 1. The third kappa shape index (κ3) is 3.62. The van der Waals surface area contributed by atoms with E-state index >= 15 is 0 Å². The Hall–Kier alpha value is -1.95. The van der Waals surface area contributed by atoms with Gasteiger partial charge in [0, 0.05) is 25.0 Å². The van der Waals surface area contributed by atoms with E-state index in [1.807, 2.05) is 19.1 Å². The topological polar surface area (TPSA) is 66.9 Å². The number of amides is 1. The minimum atomic E-state index is -0.0710. The molecule has 1 fully saturated rings. The fourth-order valence-corrected chi connectivity index (χ4v) is 3.64. The highest BCUT2D eigenvalue weighted by Crippen LogP contribution is 2.27. The van der Waals surface area contributed by atoms with E-state index in [-0.39, 0.29) is 5.91 Å². The number of hydrogen-bond donors (Lipinski definition) is 2. The molecular formula is C16H20N4OS. The Bertz CT molecular complexity index is 635. The smallest absolute Gasteiger partial charge is 0.263 e. The summed E-state index contributed by atoms with van der Waals surface area (Å²) in [5.41, 5.74) is 1.77. The molecule has 1 aliphatic rings. The predicted octanol–water partition coefficient (Wildman–Crippen LogP) is 3.13. The van der Waals surface area contributed by atoms with E-state index in [2.05, 4.69) is 20.6 Å². The fourth-order valence-electron chi connectivity index (χ4n) is 2.68. The van der Waals surface area contributed by atoms with Crippen molar-refractivity contribution in [2.45, 2.75) is 45.2 Å². The van der Waals surface area contributed by atoms with Crippen molar-refractivity contribution in [3.05, 3.63) is 40.7 Å². The quantitative estimate of drug-likeness (QED) is 0.889. The van der Waals surface area contributed by atoms with Crippen LogP contribution in [-0.4, -0.2) is 21.9 Å². The zero-order chi connectivity index (χ0) is 15.4. The van der Waals surface area contributed by atoms with Gasteiger partial charge in [0.25, 0.3) is 5.91 Å². The van der Waals surface area contributed by atoms with Crippen LogP contribution in [0.15, 0.2) is 24.5 Å². The zero-order valence-electron chi connectivity index (χ0n) is 12.6. The number of hydrogen-bond acceptors (Lipinski definition) is 5. The lowest BCUT2D eigenvalue weighted by Gasteiger charge is -2.09. The molecule has 2 heterocycles. The zero-order valence-corrected chi connectivity index (χ0v) is 13.4. The highest BCUT2D eigenvalue weighted by atomic mass is 32.1. The predicted molar refractivity (Wildman–Crippen MR) is 88.1 cm³/mol. The molecule has 0 aromatic carbocycles. The molecular weight excluding hydrogens is 296 g/mol. The van der Waals surface area contributed by atoms with Crippen molar-refractivity contribution < 1.29 is 4.79 Å². The van der Waals surface area contributed by atoms with Crippen molar-refractivity contribution in [2.75, 3.05) is 5.32 Å². The van der Waals surface area contributed by atoms with Crippen LogP contribution in [0.4, 0.5) is 5.13 Å². The lowest BCUT2D eigenvalue weighted by molar-refractivity contribution is 0.0954. The van der Waals surface area contributed by atoms with E-state index in [1.165, 1.54) is 37.0 Å². The molecule has 2 aromatic heterocycles. The monoisotopic (exact) mass is 316 g/mol. The molecule has 3 rings (SSSR count). The van der Waals surface area contributed by atoms with E-state index < -0.39 is 0 Å². The summed E-state index contributed by atoms with van der Waals surface area (Å²) in [4.78, 5) is 21.5. The molecule has 22 heavy (non-hydrogen) atoms. The molecule has 5 nitrogen and oxygen atoms in total. The van der Waals surface area contributed by atoms with Gasteiger partial charge in [-0.05, 0) is 31.4 Å². The minimum absolute atomic E-state index is 0.0710. The molecule has 0 unspecified atom stereocenters. The number of rotatable bonds is 5. The number of anilines is 1. The van der Waals surface area contributed by atoms with Gasteiger partial charge in [0.15, 0.2) is 5.13 Å². The first kappa shape index (κ1) is 15.0. The second-order valence-electron chi connectivity index (χ2n) is 5.60. The molecule has 1 amide bonds.